The van der Waals surface area contributed by atoms with Crippen LogP contribution in [0.25, 0.3) is 0 Å². The van der Waals surface area contributed by atoms with Crippen molar-refractivity contribution >= 4 is 41.3 Å². The van der Waals surface area contributed by atoms with Crippen LogP contribution in [0.15, 0.2) is 50.8 Å². The maximum atomic E-state index is 15.5. The topological polar surface area (TPSA) is 137 Å². The number of hydrogen-bond donors (Lipinski definition) is 2. The smallest absolute Gasteiger partial charge is 0.418 e. The van der Waals surface area contributed by atoms with Gasteiger partial charge in [0, 0.05) is 23.2 Å². The molecule has 1 aliphatic heterocycles. The molecule has 1 atom stereocenters. The molecule has 0 fully saturated rings. The predicted molar refractivity (Wildman–Crippen MR) is 147 cm³/mol. The van der Waals surface area contributed by atoms with Gasteiger partial charge in [-0.05, 0) is 32.9 Å². The molecule has 238 valence electrons. The fourth-order valence-corrected chi connectivity index (χ4v) is 5.34. The Labute approximate surface area is 256 Å². The lowest BCUT2D eigenvalue weighted by atomic mass is 9.78. The van der Waals surface area contributed by atoms with Gasteiger partial charge in [0.25, 0.3) is 5.56 Å². The normalized spacial score (nSPS) is 15.3. The van der Waals surface area contributed by atoms with Crippen LogP contribution in [-0.2, 0) is 30.0 Å². The standard InChI is InChI=1S/C27H25ClF5N3O7S/c1-5-42-23(38)12-9-34-26(36-22(12)37)44-10-16-19(25(40)43-11(2)3)20(18(24(39)41-4)15(8-29)35-16)17-14(30)7-6-13(28)21(17)27(31,32)33/h6-7,9,11,20,35H,5,8,10H2,1-4H3,(H,34,36,37). The van der Waals surface area contributed by atoms with Gasteiger partial charge in [0.05, 0.1) is 53.2 Å². The first-order valence-corrected chi connectivity index (χ1v) is 14.0. The Morgan fingerprint density at radius 2 is 1.77 bits per heavy atom. The van der Waals surface area contributed by atoms with E-state index >= 15 is 4.39 Å². The van der Waals surface area contributed by atoms with Gasteiger partial charge in [-0.2, -0.15) is 13.2 Å². The first kappa shape index (κ1) is 34.6. The van der Waals surface area contributed by atoms with Crippen molar-refractivity contribution in [2.75, 3.05) is 26.1 Å². The monoisotopic (exact) mass is 665 g/mol. The lowest BCUT2D eigenvalue weighted by molar-refractivity contribution is -0.144. The van der Waals surface area contributed by atoms with E-state index in [-0.39, 0.29) is 17.5 Å². The first-order valence-electron chi connectivity index (χ1n) is 12.7. The second-order valence-electron chi connectivity index (χ2n) is 9.18. The molecule has 0 aliphatic carbocycles. The van der Waals surface area contributed by atoms with Gasteiger partial charge in [-0.15, -0.1) is 0 Å². The first-order chi connectivity index (χ1) is 20.7. The van der Waals surface area contributed by atoms with Crippen LogP contribution in [0, 0.1) is 5.82 Å². The summed E-state index contributed by atoms with van der Waals surface area (Å²) in [5.41, 5.74) is -6.64. The zero-order valence-corrected chi connectivity index (χ0v) is 25.1. The quantitative estimate of drug-likeness (QED) is 0.119. The number of nitrogens with one attached hydrogen (secondary N) is 2. The zero-order valence-electron chi connectivity index (χ0n) is 23.5. The number of hydrogen-bond acceptors (Lipinski definition) is 10. The van der Waals surface area contributed by atoms with Gasteiger partial charge < -0.3 is 24.5 Å². The molecule has 17 heteroatoms. The molecule has 2 N–H and O–H groups in total. The van der Waals surface area contributed by atoms with Crippen molar-refractivity contribution < 1.29 is 50.5 Å². The number of halogens is 6. The molecule has 44 heavy (non-hydrogen) atoms. The van der Waals surface area contributed by atoms with Crippen LogP contribution < -0.4 is 10.9 Å². The van der Waals surface area contributed by atoms with Crippen LogP contribution in [0.5, 0.6) is 0 Å². The Bertz CT molecular complexity index is 1590. The molecule has 1 aliphatic rings. The minimum absolute atomic E-state index is 0.00766. The third-order valence-electron chi connectivity index (χ3n) is 5.97. The van der Waals surface area contributed by atoms with Crippen molar-refractivity contribution in [3.8, 4) is 0 Å². The Balaban J connectivity index is 2.30. The molecule has 0 spiro atoms. The molecule has 10 nitrogen and oxygen atoms in total. The van der Waals surface area contributed by atoms with Gasteiger partial charge in [0.15, 0.2) is 5.16 Å². The van der Waals surface area contributed by atoms with E-state index in [0.717, 1.165) is 13.3 Å². The molecule has 0 bridgehead atoms. The summed E-state index contributed by atoms with van der Waals surface area (Å²) in [4.78, 5) is 57.0. The van der Waals surface area contributed by atoms with E-state index in [1.54, 1.807) is 0 Å². The second kappa shape index (κ2) is 14.2. The molecular formula is C27H25ClF5N3O7S. The highest BCUT2D eigenvalue weighted by Crippen LogP contribution is 2.48. The summed E-state index contributed by atoms with van der Waals surface area (Å²) >= 11 is 6.58. The SMILES string of the molecule is CCOC(=O)c1cnc(SCC2=C(C(=O)OC(C)C)C(c3c(F)ccc(Cl)c3C(F)(F)F)C(C(=O)OC)=C(CF)N2)[nH]c1=O. The van der Waals surface area contributed by atoms with Gasteiger partial charge in [0.2, 0.25) is 0 Å². The number of benzene rings is 1. The molecule has 1 aromatic heterocycles. The summed E-state index contributed by atoms with van der Waals surface area (Å²) in [6.45, 7) is 2.91. The molecular weight excluding hydrogens is 641 g/mol. The van der Waals surface area contributed by atoms with Gasteiger partial charge >= 0.3 is 24.1 Å². The third kappa shape index (κ3) is 7.41. The maximum Gasteiger partial charge on any atom is 0.418 e. The number of ether oxygens (including phenoxy) is 3. The molecule has 0 amide bonds. The van der Waals surface area contributed by atoms with E-state index in [1.165, 1.54) is 20.8 Å². The average Bonchev–Trinajstić information content (AvgIpc) is 2.94. The predicted octanol–water partition coefficient (Wildman–Crippen LogP) is 4.84. The van der Waals surface area contributed by atoms with E-state index in [2.05, 4.69) is 15.3 Å². The summed E-state index contributed by atoms with van der Waals surface area (Å²) in [6, 6.07) is 1.26. The molecule has 0 radical (unpaired) electrons. The molecule has 0 saturated heterocycles. The number of nitrogens with zero attached hydrogens (tertiary/aromatic N) is 1. The minimum atomic E-state index is -5.29. The summed E-state index contributed by atoms with van der Waals surface area (Å²) in [6.07, 6.45) is -5.20. The number of carbonyl (C=O) groups is 3. The van der Waals surface area contributed by atoms with Crippen LogP contribution in [0.4, 0.5) is 22.0 Å². The fourth-order valence-electron chi connectivity index (χ4n) is 4.27. The number of rotatable bonds is 10. The summed E-state index contributed by atoms with van der Waals surface area (Å²) in [7, 11) is 0.865. The third-order valence-corrected chi connectivity index (χ3v) is 7.20. The van der Waals surface area contributed by atoms with E-state index in [0.29, 0.717) is 23.9 Å². The molecule has 2 heterocycles. The lowest BCUT2D eigenvalue weighted by Crippen LogP contribution is -2.37. The highest BCUT2D eigenvalue weighted by Gasteiger charge is 2.47. The molecule has 3 rings (SSSR count). The second-order valence-corrected chi connectivity index (χ2v) is 10.5. The lowest BCUT2D eigenvalue weighted by Gasteiger charge is -2.33. The van der Waals surface area contributed by atoms with Crippen LogP contribution in [0.3, 0.4) is 0 Å². The van der Waals surface area contributed by atoms with Crippen molar-refractivity contribution in [1.29, 1.82) is 0 Å². The number of H-pyrrole nitrogens is 1. The van der Waals surface area contributed by atoms with Crippen molar-refractivity contribution in [3.05, 3.63) is 78.8 Å². The molecule has 2 aromatic rings. The van der Waals surface area contributed by atoms with Crippen molar-refractivity contribution in [2.24, 2.45) is 0 Å². The number of alkyl halides is 4. The Morgan fingerprint density at radius 3 is 2.32 bits per heavy atom. The number of aromatic nitrogens is 2. The molecule has 1 unspecified atom stereocenters. The number of allylic oxidation sites excluding steroid dienone is 1. The van der Waals surface area contributed by atoms with Crippen molar-refractivity contribution in [2.45, 2.75) is 44.1 Å². The molecule has 1 aromatic carbocycles. The largest absolute Gasteiger partial charge is 0.466 e. The summed E-state index contributed by atoms with van der Waals surface area (Å²) in [5, 5.41) is 1.45. The van der Waals surface area contributed by atoms with Crippen LogP contribution in [0.1, 0.15) is 48.2 Å². The van der Waals surface area contributed by atoms with Crippen LogP contribution >= 0.6 is 23.4 Å². The minimum Gasteiger partial charge on any atom is -0.466 e. The highest BCUT2D eigenvalue weighted by atomic mass is 35.5. The number of thioether (sulfide) groups is 1. The Hall–Kier alpha value is -3.92. The number of methoxy groups -OCH3 is 1. The van der Waals surface area contributed by atoms with Crippen molar-refractivity contribution in [3.63, 3.8) is 0 Å². The zero-order chi connectivity index (χ0) is 32.9. The van der Waals surface area contributed by atoms with Crippen LogP contribution in [-0.4, -0.2) is 60.1 Å². The van der Waals surface area contributed by atoms with E-state index in [4.69, 9.17) is 25.8 Å². The highest BCUT2D eigenvalue weighted by molar-refractivity contribution is 7.99. The van der Waals surface area contributed by atoms with E-state index < -0.39 is 98.5 Å². The van der Waals surface area contributed by atoms with Gasteiger partial charge in [-0.1, -0.05) is 23.4 Å². The van der Waals surface area contributed by atoms with Gasteiger partial charge in [0.1, 0.15) is 18.1 Å². The molecule has 0 saturated carbocycles. The van der Waals surface area contributed by atoms with Crippen molar-refractivity contribution in [1.82, 2.24) is 15.3 Å². The Morgan fingerprint density at radius 1 is 1.11 bits per heavy atom. The van der Waals surface area contributed by atoms with Crippen LogP contribution in [0.2, 0.25) is 5.02 Å². The van der Waals surface area contributed by atoms with E-state index in [9.17, 15) is 36.7 Å². The number of aromatic amines is 1. The maximum absolute atomic E-state index is 15.5. The average molecular weight is 666 g/mol. The van der Waals surface area contributed by atoms with Gasteiger partial charge in [-0.25, -0.2) is 28.1 Å². The fraction of sp³-hybridized carbons (Fsp3) is 0.370. The summed E-state index contributed by atoms with van der Waals surface area (Å²) in [5.74, 6) is -7.69. The number of carbonyl (C=O) groups excluding carboxylic acids is 3. The van der Waals surface area contributed by atoms with Gasteiger partial charge in [-0.3, -0.25) is 4.79 Å². The number of dihydropyridines is 1. The Kier molecular flexibility index (Phi) is 11.2. The summed E-state index contributed by atoms with van der Waals surface area (Å²) < 4.78 is 87.6. The number of esters is 3. The van der Waals surface area contributed by atoms with E-state index in [1.807, 2.05) is 0 Å².